The summed E-state index contributed by atoms with van der Waals surface area (Å²) >= 11 is 0. The Balaban J connectivity index is 1.12. The predicted molar refractivity (Wildman–Crippen MR) is 217 cm³/mol. The van der Waals surface area contributed by atoms with Gasteiger partial charge in [0.25, 0.3) is 11.8 Å². The molecule has 5 heterocycles. The number of phenolic OH excluding ortho intramolecular Hbond substituents is 1. The fraction of sp³-hybridized carbons (Fsp3) is 0.318. The van der Waals surface area contributed by atoms with Crippen LogP contribution in [0.3, 0.4) is 0 Å². The van der Waals surface area contributed by atoms with Crippen LogP contribution in [0.1, 0.15) is 50.4 Å². The molecule has 4 aliphatic rings. The number of hydrogen-bond donors (Lipinski definition) is 1. The van der Waals surface area contributed by atoms with E-state index in [4.69, 9.17) is 9.47 Å². The molecule has 1 aromatic heterocycles. The Morgan fingerprint density at radius 2 is 1.47 bits per heavy atom. The molecule has 2 amide bonds. The highest BCUT2D eigenvalue weighted by Gasteiger charge is 2.37. The first kappa shape index (κ1) is 37.0. The summed E-state index contributed by atoms with van der Waals surface area (Å²) in [5.41, 5.74) is 6.97. The quantitative estimate of drug-likeness (QED) is 0.202. The second kappa shape index (κ2) is 15.0. The fourth-order valence-electron chi connectivity index (χ4n) is 8.78. The van der Waals surface area contributed by atoms with E-state index in [0.29, 0.717) is 98.2 Å². The minimum Gasteiger partial charge on any atom is -0.508 e. The van der Waals surface area contributed by atoms with Crippen LogP contribution in [0.2, 0.25) is 0 Å². The van der Waals surface area contributed by atoms with E-state index in [2.05, 4.69) is 21.6 Å². The number of hydrogen-bond acceptors (Lipinski definition) is 8. The molecule has 1 fully saturated rings. The van der Waals surface area contributed by atoms with Gasteiger partial charge in [-0.05, 0) is 91.4 Å². The third-order valence-electron chi connectivity index (χ3n) is 11.7. The van der Waals surface area contributed by atoms with Gasteiger partial charge in [0.15, 0.2) is 11.5 Å². The highest BCUT2D eigenvalue weighted by Crippen LogP contribution is 2.43. The van der Waals surface area contributed by atoms with Gasteiger partial charge in [0, 0.05) is 80.2 Å². The van der Waals surface area contributed by atoms with Gasteiger partial charge in [0.1, 0.15) is 5.75 Å². The van der Waals surface area contributed by atoms with E-state index < -0.39 is 10.0 Å². The number of ether oxygens (including phenoxy) is 2. The molecule has 12 nitrogen and oxygen atoms in total. The first-order valence-electron chi connectivity index (χ1n) is 19.5. The molecule has 0 unspecified atom stereocenters. The van der Waals surface area contributed by atoms with Crippen molar-refractivity contribution in [2.45, 2.75) is 44.8 Å². The van der Waals surface area contributed by atoms with Gasteiger partial charge in [-0.15, -0.1) is 0 Å². The number of piperazine rings is 1. The summed E-state index contributed by atoms with van der Waals surface area (Å²) in [5, 5.41) is 10.1. The molecular weight excluding hydrogens is 743 g/mol. The van der Waals surface area contributed by atoms with Crippen molar-refractivity contribution in [1.82, 2.24) is 18.7 Å². The van der Waals surface area contributed by atoms with E-state index in [1.165, 1.54) is 16.1 Å². The summed E-state index contributed by atoms with van der Waals surface area (Å²) in [4.78, 5) is 36.1. The molecule has 294 valence electrons. The normalized spacial score (nSPS) is 18.2. The van der Waals surface area contributed by atoms with Crippen LogP contribution in [0.15, 0.2) is 97.1 Å². The molecule has 1 N–H and O–H groups in total. The maximum atomic E-state index is 15.3. The molecule has 4 aromatic carbocycles. The van der Waals surface area contributed by atoms with Gasteiger partial charge in [0.2, 0.25) is 16.8 Å². The molecule has 13 heteroatoms. The molecule has 0 radical (unpaired) electrons. The van der Waals surface area contributed by atoms with Gasteiger partial charge in [0.05, 0.1) is 17.4 Å². The number of carbonyl (C=O) groups is 2. The summed E-state index contributed by atoms with van der Waals surface area (Å²) in [7, 11) is -3.28. The van der Waals surface area contributed by atoms with E-state index in [1.807, 2.05) is 59.5 Å². The minimum absolute atomic E-state index is 0.0419. The van der Waals surface area contributed by atoms with Crippen molar-refractivity contribution in [2.24, 2.45) is 0 Å². The zero-order chi connectivity index (χ0) is 39.3. The topological polar surface area (TPSA) is 125 Å². The van der Waals surface area contributed by atoms with Gasteiger partial charge >= 0.3 is 0 Å². The smallest absolute Gasteiger partial charge is 0.264 e. The number of aromatic nitrogens is 1. The van der Waals surface area contributed by atoms with Crippen LogP contribution in [-0.4, -0.2) is 95.8 Å². The van der Waals surface area contributed by atoms with Gasteiger partial charge in [-0.25, -0.2) is 8.42 Å². The molecule has 1 atom stereocenters. The lowest BCUT2D eigenvalue weighted by Crippen LogP contribution is -2.54. The zero-order valence-electron chi connectivity index (χ0n) is 31.8. The van der Waals surface area contributed by atoms with Crippen molar-refractivity contribution >= 4 is 33.2 Å². The Bertz CT molecular complexity index is 2440. The minimum atomic E-state index is -3.28. The summed E-state index contributed by atoms with van der Waals surface area (Å²) < 4.78 is 40.0. The lowest BCUT2D eigenvalue weighted by molar-refractivity contribution is 0.0555. The number of para-hydroxylation sites is 1. The summed E-state index contributed by atoms with van der Waals surface area (Å²) in [6.45, 7) is 3.74. The van der Waals surface area contributed by atoms with Crippen LogP contribution in [-0.2, 0) is 36.0 Å². The Kier molecular flexibility index (Phi) is 9.75. The average molecular weight is 788 g/mol. The molecular formula is C44H45N5O7S. The third-order valence-corrected chi connectivity index (χ3v) is 13.0. The van der Waals surface area contributed by atoms with Crippen molar-refractivity contribution in [3.8, 4) is 28.5 Å². The fourth-order valence-corrected chi connectivity index (χ4v) is 9.61. The number of rotatable bonds is 8. The number of amides is 2. The molecule has 5 aromatic rings. The lowest BCUT2D eigenvalue weighted by Gasteiger charge is -2.42. The van der Waals surface area contributed by atoms with Gasteiger partial charge in [-0.3, -0.25) is 19.4 Å². The highest BCUT2D eigenvalue weighted by atomic mass is 32.2. The molecule has 9 rings (SSSR count). The molecule has 1 saturated heterocycles. The maximum Gasteiger partial charge on any atom is 0.264 e. The molecule has 0 aliphatic carbocycles. The number of benzene rings is 4. The van der Waals surface area contributed by atoms with Crippen molar-refractivity contribution in [3.63, 3.8) is 0 Å². The number of nitrogens with zero attached hydrogens (tertiary/aromatic N) is 5. The number of phenols is 1. The summed E-state index contributed by atoms with van der Waals surface area (Å²) in [6.07, 6.45) is 4.47. The molecule has 57 heavy (non-hydrogen) atoms. The monoisotopic (exact) mass is 787 g/mol. The zero-order valence-corrected chi connectivity index (χ0v) is 32.7. The van der Waals surface area contributed by atoms with Crippen LogP contribution >= 0.6 is 0 Å². The van der Waals surface area contributed by atoms with Crippen molar-refractivity contribution in [1.29, 1.82) is 0 Å². The first-order chi connectivity index (χ1) is 27.6. The van der Waals surface area contributed by atoms with E-state index >= 15 is 4.79 Å². The van der Waals surface area contributed by atoms with Crippen LogP contribution in [0.5, 0.6) is 17.2 Å². The van der Waals surface area contributed by atoms with Crippen molar-refractivity contribution in [3.05, 3.63) is 125 Å². The van der Waals surface area contributed by atoms with Crippen LogP contribution in [0.4, 0.5) is 11.4 Å². The van der Waals surface area contributed by atoms with Crippen molar-refractivity contribution < 1.29 is 32.6 Å². The summed E-state index contributed by atoms with van der Waals surface area (Å²) in [5.74, 6) is 0.793. The SMILES string of the molecule is CS(=O)(=O)N1CCN(C[C@@H]2Cc3ccccc3CN2C(=O)c2cc3c(cc2-c2cc(C(=O)N(c4ccccc4)c4ccc(O)cc4)c4n2CCCC4)OCO3)CC1. The first-order valence-corrected chi connectivity index (χ1v) is 21.4. The van der Waals surface area contributed by atoms with E-state index in [1.54, 1.807) is 35.2 Å². The number of aromatic hydroxyl groups is 1. The Morgan fingerprint density at radius 3 is 2.21 bits per heavy atom. The van der Waals surface area contributed by atoms with Crippen LogP contribution in [0.25, 0.3) is 11.3 Å². The van der Waals surface area contributed by atoms with Crippen LogP contribution < -0.4 is 14.4 Å². The Morgan fingerprint density at radius 1 is 0.789 bits per heavy atom. The number of sulfonamides is 1. The van der Waals surface area contributed by atoms with Crippen LogP contribution in [0, 0.1) is 0 Å². The Hall–Kier alpha value is -5.63. The molecule has 0 bridgehead atoms. The van der Waals surface area contributed by atoms with Gasteiger partial charge in [-0.2, -0.15) is 4.31 Å². The molecule has 0 saturated carbocycles. The second-order valence-corrected chi connectivity index (χ2v) is 17.2. The number of anilines is 2. The Labute approximate surface area is 332 Å². The second-order valence-electron chi connectivity index (χ2n) is 15.3. The largest absolute Gasteiger partial charge is 0.508 e. The number of carbonyl (C=O) groups excluding carboxylic acids is 2. The molecule has 4 aliphatic heterocycles. The average Bonchev–Trinajstić information content (AvgIpc) is 3.86. The number of fused-ring (bicyclic) bond motifs is 3. The summed E-state index contributed by atoms with van der Waals surface area (Å²) in [6, 6.07) is 29.8. The standard InChI is InChI=1S/C44H45N5O7S/c1-57(53,54)46-21-19-45(20-22-46)28-34-23-30-9-5-6-10-31(30)27-48(34)43(51)37-26-42-41(55-29-56-42)25-36(37)40-24-38(39-13-7-8-18-47(39)40)44(52)49(32-11-3-2-4-12-32)33-14-16-35(50)17-15-33/h2-6,9-12,14-17,24-26,34,50H,7-8,13,18-23,27-29H2,1H3/t34-/m0/s1. The molecule has 0 spiro atoms. The lowest BCUT2D eigenvalue weighted by atomic mass is 9.92. The maximum absolute atomic E-state index is 15.3. The van der Waals surface area contributed by atoms with Gasteiger partial charge < -0.3 is 24.0 Å². The van der Waals surface area contributed by atoms with Gasteiger partial charge in [-0.1, -0.05) is 42.5 Å². The van der Waals surface area contributed by atoms with E-state index in [9.17, 15) is 18.3 Å². The van der Waals surface area contributed by atoms with E-state index in [-0.39, 0.29) is 30.4 Å². The predicted octanol–water partition coefficient (Wildman–Crippen LogP) is 6.05. The third kappa shape index (κ3) is 7.15. The van der Waals surface area contributed by atoms with E-state index in [0.717, 1.165) is 29.8 Å². The van der Waals surface area contributed by atoms with Crippen molar-refractivity contribution in [2.75, 3.05) is 50.7 Å². The highest BCUT2D eigenvalue weighted by molar-refractivity contribution is 7.88.